The topological polar surface area (TPSA) is 70.7 Å². The fraction of sp³-hybridized carbons (Fsp3) is 0. The minimum absolute atomic E-state index is 0.00231. The van der Waals surface area contributed by atoms with Crippen molar-refractivity contribution in [1.82, 2.24) is 0 Å². The highest BCUT2D eigenvalue weighted by atomic mass is 16.3. The second-order valence-electron chi connectivity index (χ2n) is 2.60. The Bertz CT molecular complexity index is 512. The maximum atomic E-state index is 11.3. The van der Waals surface area contributed by atoms with Crippen LogP contribution in [0.3, 0.4) is 0 Å². The molecule has 0 atom stereocenters. The van der Waals surface area contributed by atoms with Crippen LogP contribution in [0.25, 0.3) is 11.0 Å². The third-order valence-electron chi connectivity index (χ3n) is 1.76. The molecule has 66 valence electrons. The molecule has 4 nitrogen and oxygen atoms in total. The first-order valence-corrected chi connectivity index (χ1v) is 3.62. The maximum Gasteiger partial charge on any atom is 0.238 e. The molecule has 2 aromatic rings. The van der Waals surface area contributed by atoms with Crippen LogP contribution in [0.2, 0.25) is 0 Å². The van der Waals surface area contributed by atoms with Crippen molar-refractivity contribution >= 4 is 11.0 Å². The summed E-state index contributed by atoms with van der Waals surface area (Å²) >= 11 is 0. The van der Waals surface area contributed by atoms with E-state index in [1.165, 1.54) is 12.1 Å². The third-order valence-corrected chi connectivity index (χ3v) is 1.76. The minimum atomic E-state index is -0.626. The second kappa shape index (κ2) is 2.52. The molecule has 0 amide bonds. The summed E-state index contributed by atoms with van der Waals surface area (Å²) in [5.41, 5.74) is -0.373. The number of fused-ring (bicyclic) bond motifs is 1. The van der Waals surface area contributed by atoms with Gasteiger partial charge in [-0.15, -0.1) is 0 Å². The van der Waals surface area contributed by atoms with Gasteiger partial charge in [0.05, 0.1) is 0 Å². The molecule has 0 saturated heterocycles. The van der Waals surface area contributed by atoms with Gasteiger partial charge < -0.3 is 14.6 Å². The van der Waals surface area contributed by atoms with Crippen LogP contribution in [0.1, 0.15) is 0 Å². The first-order chi connectivity index (χ1) is 6.20. The van der Waals surface area contributed by atoms with Crippen LogP contribution in [0.4, 0.5) is 0 Å². The van der Waals surface area contributed by atoms with Crippen LogP contribution in [-0.2, 0) is 0 Å². The number of phenolic OH excluding ortho intramolecular Hbond substituents is 1. The molecule has 0 aliphatic rings. The average Bonchev–Trinajstić information content (AvgIpc) is 2.12. The van der Waals surface area contributed by atoms with Gasteiger partial charge in [0.1, 0.15) is 23.0 Å². The molecule has 0 saturated carbocycles. The number of benzene rings is 1. The Hall–Kier alpha value is -1.97. The van der Waals surface area contributed by atoms with Gasteiger partial charge in [-0.2, -0.15) is 0 Å². The van der Waals surface area contributed by atoms with Gasteiger partial charge in [-0.25, -0.2) is 0 Å². The molecule has 4 heteroatoms. The summed E-state index contributed by atoms with van der Waals surface area (Å²) in [7, 11) is 0. The fourth-order valence-corrected chi connectivity index (χ4v) is 1.15. The van der Waals surface area contributed by atoms with Crippen molar-refractivity contribution in [3.63, 3.8) is 0 Å². The van der Waals surface area contributed by atoms with Crippen LogP contribution in [0.15, 0.2) is 33.7 Å². The Balaban J connectivity index is 3.06. The van der Waals surface area contributed by atoms with Crippen LogP contribution < -0.4 is 5.43 Å². The van der Waals surface area contributed by atoms with Crippen molar-refractivity contribution in [2.75, 3.05) is 0 Å². The van der Waals surface area contributed by atoms with Crippen molar-refractivity contribution in [2.45, 2.75) is 0 Å². The van der Waals surface area contributed by atoms with E-state index in [-0.39, 0.29) is 16.7 Å². The molecule has 0 radical (unpaired) electrons. The largest absolute Gasteiger partial charge is 0.507 e. The lowest BCUT2D eigenvalue weighted by molar-refractivity contribution is 0.439. The van der Waals surface area contributed by atoms with Crippen LogP contribution in [-0.4, -0.2) is 10.2 Å². The summed E-state index contributed by atoms with van der Waals surface area (Å²) in [5, 5.41) is 18.3. The number of hydrogen-bond donors (Lipinski definition) is 2. The van der Waals surface area contributed by atoms with Crippen LogP contribution >= 0.6 is 0 Å². The molecule has 1 heterocycles. The highest BCUT2D eigenvalue weighted by Crippen LogP contribution is 2.22. The summed E-state index contributed by atoms with van der Waals surface area (Å²) in [6.07, 6.45) is 0.949. The number of hydrogen-bond acceptors (Lipinski definition) is 4. The fourth-order valence-electron chi connectivity index (χ4n) is 1.15. The Morgan fingerprint density at radius 1 is 1.15 bits per heavy atom. The van der Waals surface area contributed by atoms with Crippen molar-refractivity contribution in [2.24, 2.45) is 0 Å². The zero-order chi connectivity index (χ0) is 9.42. The molecule has 0 spiro atoms. The van der Waals surface area contributed by atoms with Crippen molar-refractivity contribution in [3.05, 3.63) is 34.7 Å². The van der Waals surface area contributed by atoms with Crippen LogP contribution in [0, 0.1) is 0 Å². The Kier molecular flexibility index (Phi) is 1.48. The van der Waals surface area contributed by atoms with Gasteiger partial charge in [0.15, 0.2) is 5.75 Å². The van der Waals surface area contributed by atoms with Gasteiger partial charge in [0, 0.05) is 0 Å². The molecule has 1 aromatic heterocycles. The quantitative estimate of drug-likeness (QED) is 0.635. The molecule has 1 aromatic carbocycles. The number of aromatic hydroxyl groups is 2. The van der Waals surface area contributed by atoms with Crippen LogP contribution in [0.5, 0.6) is 11.5 Å². The average molecular weight is 178 g/mol. The van der Waals surface area contributed by atoms with E-state index in [1.807, 2.05) is 0 Å². The highest BCUT2D eigenvalue weighted by molar-refractivity contribution is 5.83. The third kappa shape index (κ3) is 1.03. The molecule has 0 bridgehead atoms. The minimum Gasteiger partial charge on any atom is -0.507 e. The second-order valence-corrected chi connectivity index (χ2v) is 2.60. The number of rotatable bonds is 0. The summed E-state index contributed by atoms with van der Waals surface area (Å²) < 4.78 is 4.89. The van der Waals surface area contributed by atoms with E-state index in [9.17, 15) is 9.90 Å². The van der Waals surface area contributed by atoms with Gasteiger partial charge in [0.2, 0.25) is 5.43 Å². The molecular formula is C9H6O4. The first kappa shape index (κ1) is 7.67. The molecule has 0 unspecified atom stereocenters. The highest BCUT2D eigenvalue weighted by Gasteiger charge is 2.08. The Labute approximate surface area is 72.7 Å². The Morgan fingerprint density at radius 3 is 2.69 bits per heavy atom. The summed E-state index contributed by atoms with van der Waals surface area (Å²) in [6.45, 7) is 0. The van der Waals surface area contributed by atoms with Crippen molar-refractivity contribution in [1.29, 1.82) is 0 Å². The van der Waals surface area contributed by atoms with E-state index in [1.54, 1.807) is 6.07 Å². The van der Waals surface area contributed by atoms with Gasteiger partial charge in [-0.3, -0.25) is 4.79 Å². The molecule has 2 rings (SSSR count). The molecule has 0 aliphatic heterocycles. The predicted molar refractivity (Wildman–Crippen MR) is 45.8 cm³/mol. The number of phenols is 1. The molecule has 13 heavy (non-hydrogen) atoms. The zero-order valence-electron chi connectivity index (χ0n) is 6.52. The monoisotopic (exact) mass is 178 g/mol. The van der Waals surface area contributed by atoms with Gasteiger partial charge >= 0.3 is 0 Å². The summed E-state index contributed by atoms with van der Waals surface area (Å²) in [5.74, 6) is -0.698. The summed E-state index contributed by atoms with van der Waals surface area (Å²) in [4.78, 5) is 11.3. The van der Waals surface area contributed by atoms with E-state index in [4.69, 9.17) is 9.52 Å². The zero-order valence-corrected chi connectivity index (χ0v) is 6.52. The molecular weight excluding hydrogens is 172 g/mol. The maximum absolute atomic E-state index is 11.3. The lowest BCUT2D eigenvalue weighted by Crippen LogP contribution is -1.99. The molecule has 2 N–H and O–H groups in total. The van der Waals surface area contributed by atoms with Gasteiger partial charge in [-0.1, -0.05) is 6.07 Å². The molecule has 0 fully saturated rings. The van der Waals surface area contributed by atoms with E-state index < -0.39 is 11.2 Å². The van der Waals surface area contributed by atoms with Crippen molar-refractivity contribution in [3.8, 4) is 11.5 Å². The van der Waals surface area contributed by atoms with Gasteiger partial charge in [-0.05, 0) is 12.1 Å². The SMILES string of the molecule is O=c1c(O)coc2cccc(O)c12. The van der Waals surface area contributed by atoms with E-state index in [0.717, 1.165) is 6.26 Å². The first-order valence-electron chi connectivity index (χ1n) is 3.62. The lowest BCUT2D eigenvalue weighted by Gasteiger charge is -1.98. The lowest BCUT2D eigenvalue weighted by atomic mass is 10.2. The smallest absolute Gasteiger partial charge is 0.238 e. The van der Waals surface area contributed by atoms with E-state index >= 15 is 0 Å². The van der Waals surface area contributed by atoms with Crippen molar-refractivity contribution < 1.29 is 14.6 Å². The van der Waals surface area contributed by atoms with Gasteiger partial charge in [0.25, 0.3) is 0 Å². The predicted octanol–water partition coefficient (Wildman–Crippen LogP) is 1.20. The summed E-state index contributed by atoms with van der Waals surface area (Å²) in [6, 6.07) is 4.45. The standard InChI is InChI=1S/C9H6O4/c10-5-2-1-3-7-8(5)9(12)6(11)4-13-7/h1-4,10-11H. The van der Waals surface area contributed by atoms with E-state index in [2.05, 4.69) is 0 Å². The Morgan fingerprint density at radius 2 is 1.92 bits per heavy atom. The van der Waals surface area contributed by atoms with E-state index in [0.29, 0.717) is 0 Å². The normalized spacial score (nSPS) is 10.5. The molecule has 0 aliphatic carbocycles.